The van der Waals surface area contributed by atoms with Gasteiger partial charge in [0.15, 0.2) is 0 Å². The maximum Gasteiger partial charge on any atom is 0.142 e. The first-order chi connectivity index (χ1) is 9.49. The zero-order chi connectivity index (χ0) is 14.7. The molecule has 0 unspecified atom stereocenters. The van der Waals surface area contributed by atoms with E-state index in [-0.39, 0.29) is 0 Å². The molecule has 0 saturated heterocycles. The lowest BCUT2D eigenvalue weighted by Crippen LogP contribution is -2.12. The fraction of sp³-hybridized carbons (Fsp3) is 0.133. The second-order valence-electron chi connectivity index (χ2n) is 4.29. The smallest absolute Gasteiger partial charge is 0.142 e. The summed E-state index contributed by atoms with van der Waals surface area (Å²) in [6.45, 7) is 0. The van der Waals surface area contributed by atoms with E-state index in [1.165, 1.54) is 12.1 Å². The zero-order valence-corrected chi connectivity index (χ0v) is 10.3. The number of rotatable bonds is 4. The van der Waals surface area contributed by atoms with Crippen LogP contribution in [0, 0.1) is 23.3 Å². The molecule has 20 heavy (non-hydrogen) atoms. The van der Waals surface area contributed by atoms with E-state index in [9.17, 15) is 22.4 Å². The van der Waals surface area contributed by atoms with Crippen LogP contribution in [0.4, 0.5) is 17.6 Å². The molecule has 0 aliphatic heterocycles. The van der Waals surface area contributed by atoms with Crippen LogP contribution in [0.15, 0.2) is 36.4 Å². The second-order valence-corrected chi connectivity index (χ2v) is 4.29. The standard InChI is InChI=1S/C15H10F4O/c16-12-3-1-4-13(17)10(12)7-9(20)8-11-14(18)5-2-6-15(11)19/h1-6H,7-8H2. The molecule has 0 heterocycles. The molecule has 0 N–H and O–H groups in total. The number of hydrogen-bond donors (Lipinski definition) is 0. The number of Topliss-reactive ketones (excluding diaryl/α,β-unsaturated/α-hetero) is 1. The van der Waals surface area contributed by atoms with Crippen molar-refractivity contribution in [3.8, 4) is 0 Å². The summed E-state index contributed by atoms with van der Waals surface area (Å²) in [7, 11) is 0. The van der Waals surface area contributed by atoms with Gasteiger partial charge in [-0.25, -0.2) is 17.6 Å². The fourth-order valence-electron chi connectivity index (χ4n) is 1.86. The van der Waals surface area contributed by atoms with E-state index in [2.05, 4.69) is 0 Å². The molecule has 0 aromatic heterocycles. The van der Waals surface area contributed by atoms with Crippen molar-refractivity contribution in [3.05, 3.63) is 70.8 Å². The topological polar surface area (TPSA) is 17.1 Å². The molecule has 0 atom stereocenters. The average molecular weight is 282 g/mol. The second kappa shape index (κ2) is 5.86. The molecule has 2 aromatic carbocycles. The molecule has 0 aliphatic carbocycles. The summed E-state index contributed by atoms with van der Waals surface area (Å²) in [6.07, 6.45) is -1.10. The van der Waals surface area contributed by atoms with Crippen molar-refractivity contribution in [3.63, 3.8) is 0 Å². The molecular weight excluding hydrogens is 272 g/mol. The number of ketones is 1. The zero-order valence-electron chi connectivity index (χ0n) is 10.3. The number of carbonyl (C=O) groups excluding carboxylic acids is 1. The Kier molecular flexibility index (Phi) is 4.17. The third kappa shape index (κ3) is 3.04. The minimum absolute atomic E-state index is 0.394. The summed E-state index contributed by atoms with van der Waals surface area (Å²) < 4.78 is 53.5. The molecule has 104 valence electrons. The normalized spacial score (nSPS) is 10.6. The maximum absolute atomic E-state index is 13.4. The predicted octanol–water partition coefficient (Wildman–Crippen LogP) is 3.60. The lowest BCUT2D eigenvalue weighted by atomic mass is 10.0. The maximum atomic E-state index is 13.4. The minimum Gasteiger partial charge on any atom is -0.299 e. The van der Waals surface area contributed by atoms with Gasteiger partial charge in [-0.2, -0.15) is 0 Å². The Morgan fingerprint density at radius 3 is 1.30 bits per heavy atom. The molecule has 2 aromatic rings. The van der Waals surface area contributed by atoms with Gasteiger partial charge in [0.1, 0.15) is 29.1 Å². The van der Waals surface area contributed by atoms with Gasteiger partial charge in [0.05, 0.1) is 0 Å². The highest BCUT2D eigenvalue weighted by Crippen LogP contribution is 2.17. The molecule has 0 radical (unpaired) electrons. The first-order valence-corrected chi connectivity index (χ1v) is 5.86. The van der Waals surface area contributed by atoms with E-state index >= 15 is 0 Å². The first-order valence-electron chi connectivity index (χ1n) is 5.86. The van der Waals surface area contributed by atoms with Crippen LogP contribution in [-0.4, -0.2) is 5.78 Å². The van der Waals surface area contributed by atoms with E-state index in [1.807, 2.05) is 0 Å². The number of carbonyl (C=O) groups is 1. The monoisotopic (exact) mass is 282 g/mol. The van der Waals surface area contributed by atoms with Crippen LogP contribution in [0.5, 0.6) is 0 Å². The minimum atomic E-state index is -0.854. The summed E-state index contributed by atoms with van der Waals surface area (Å²) in [4.78, 5) is 11.7. The molecule has 1 nitrogen and oxygen atoms in total. The van der Waals surface area contributed by atoms with Crippen LogP contribution in [0.3, 0.4) is 0 Å². The third-order valence-electron chi connectivity index (χ3n) is 2.87. The molecule has 0 bridgehead atoms. The SMILES string of the molecule is O=C(Cc1c(F)cccc1F)Cc1c(F)cccc1F. The molecule has 0 saturated carbocycles. The van der Waals surface area contributed by atoms with Crippen LogP contribution < -0.4 is 0 Å². The quantitative estimate of drug-likeness (QED) is 0.783. The molecule has 0 spiro atoms. The summed E-state index contributed by atoms with van der Waals surface area (Å²) in [6, 6.07) is 6.44. The lowest BCUT2D eigenvalue weighted by Gasteiger charge is -2.06. The molecule has 5 heteroatoms. The van der Waals surface area contributed by atoms with E-state index < -0.39 is 53.0 Å². The first kappa shape index (κ1) is 14.2. The van der Waals surface area contributed by atoms with Gasteiger partial charge in [-0.1, -0.05) is 12.1 Å². The van der Waals surface area contributed by atoms with E-state index in [4.69, 9.17) is 0 Å². The largest absolute Gasteiger partial charge is 0.299 e. The van der Waals surface area contributed by atoms with Gasteiger partial charge >= 0.3 is 0 Å². The van der Waals surface area contributed by atoms with Crippen LogP contribution in [0.2, 0.25) is 0 Å². The lowest BCUT2D eigenvalue weighted by molar-refractivity contribution is -0.118. The van der Waals surface area contributed by atoms with Gasteiger partial charge in [0.2, 0.25) is 0 Å². The highest BCUT2D eigenvalue weighted by atomic mass is 19.1. The van der Waals surface area contributed by atoms with Gasteiger partial charge in [-0.05, 0) is 24.3 Å². The molecule has 0 amide bonds. The van der Waals surface area contributed by atoms with Gasteiger partial charge in [-0.3, -0.25) is 4.79 Å². The van der Waals surface area contributed by atoms with Gasteiger partial charge in [0.25, 0.3) is 0 Å². The highest BCUT2D eigenvalue weighted by molar-refractivity contribution is 5.83. The average Bonchev–Trinajstić information content (AvgIpc) is 2.39. The molecular formula is C15H10F4O. The Bertz CT molecular complexity index is 556. The van der Waals surface area contributed by atoms with E-state index in [0.29, 0.717) is 0 Å². The van der Waals surface area contributed by atoms with Crippen molar-refractivity contribution in [1.82, 2.24) is 0 Å². The van der Waals surface area contributed by atoms with Crippen molar-refractivity contribution in [2.75, 3.05) is 0 Å². The van der Waals surface area contributed by atoms with Crippen LogP contribution >= 0.6 is 0 Å². The summed E-state index contributed by atoms with van der Waals surface area (Å²) in [5.41, 5.74) is -0.788. The summed E-state index contributed by atoms with van der Waals surface area (Å²) in [5, 5.41) is 0. The Labute approximate surface area is 112 Å². The van der Waals surface area contributed by atoms with Crippen molar-refractivity contribution >= 4 is 5.78 Å². The number of hydrogen-bond acceptors (Lipinski definition) is 1. The predicted molar refractivity (Wildman–Crippen MR) is 65.1 cm³/mol. The van der Waals surface area contributed by atoms with Crippen molar-refractivity contribution < 1.29 is 22.4 Å². The van der Waals surface area contributed by atoms with Crippen molar-refractivity contribution in [2.24, 2.45) is 0 Å². The van der Waals surface area contributed by atoms with Crippen molar-refractivity contribution in [2.45, 2.75) is 12.8 Å². The molecule has 2 rings (SSSR count). The van der Waals surface area contributed by atoms with Gasteiger partial charge < -0.3 is 0 Å². The number of benzene rings is 2. The molecule has 0 fully saturated rings. The Morgan fingerprint density at radius 1 is 0.700 bits per heavy atom. The molecule has 0 aliphatic rings. The van der Waals surface area contributed by atoms with Crippen LogP contribution in [-0.2, 0) is 17.6 Å². The third-order valence-corrected chi connectivity index (χ3v) is 2.87. The van der Waals surface area contributed by atoms with Crippen molar-refractivity contribution in [1.29, 1.82) is 0 Å². The Balaban J connectivity index is 2.18. The van der Waals surface area contributed by atoms with Gasteiger partial charge in [0, 0.05) is 24.0 Å². The summed E-state index contributed by atoms with van der Waals surface area (Å²) in [5.74, 6) is -4.09. The number of halogens is 4. The van der Waals surface area contributed by atoms with E-state index in [1.54, 1.807) is 0 Å². The Morgan fingerprint density at radius 2 is 1.00 bits per heavy atom. The van der Waals surface area contributed by atoms with Gasteiger partial charge in [-0.15, -0.1) is 0 Å². The van der Waals surface area contributed by atoms with E-state index in [0.717, 1.165) is 24.3 Å². The Hall–Kier alpha value is -2.17. The fourth-order valence-corrected chi connectivity index (χ4v) is 1.86. The summed E-state index contributed by atoms with van der Waals surface area (Å²) >= 11 is 0. The van der Waals surface area contributed by atoms with Crippen LogP contribution in [0.1, 0.15) is 11.1 Å². The highest BCUT2D eigenvalue weighted by Gasteiger charge is 2.17. The van der Waals surface area contributed by atoms with Crippen LogP contribution in [0.25, 0.3) is 0 Å².